The summed E-state index contributed by atoms with van der Waals surface area (Å²) in [6.07, 6.45) is 0.340. The Kier molecular flexibility index (Phi) is 8.84. The number of nitrogens with zero attached hydrogens (tertiary/aromatic N) is 1. The maximum atomic E-state index is 13.3. The standard InChI is InChI=1S/C21H32N2O7S/c1-14(2)12-17(13-22-20-10-11-29-21(20)30-16(4)25)23(15(3)24)31(26,27)19-8-6-18(28-5)7-9-19/h6-9,14,17,20-22H,10-13H2,1-5H3/t17-,20+,21+/m1/s1. The van der Waals surface area contributed by atoms with Crippen molar-refractivity contribution in [1.29, 1.82) is 0 Å². The van der Waals surface area contributed by atoms with Crippen molar-refractivity contribution >= 4 is 21.9 Å². The fourth-order valence-electron chi connectivity index (χ4n) is 3.62. The van der Waals surface area contributed by atoms with Gasteiger partial charge in [-0.3, -0.25) is 9.59 Å². The van der Waals surface area contributed by atoms with Crippen LogP contribution in [0.2, 0.25) is 0 Å². The molecule has 10 heteroatoms. The van der Waals surface area contributed by atoms with Crippen LogP contribution in [0.3, 0.4) is 0 Å². The van der Waals surface area contributed by atoms with Crippen molar-refractivity contribution in [2.24, 2.45) is 5.92 Å². The van der Waals surface area contributed by atoms with Crippen LogP contribution in [0.25, 0.3) is 0 Å². The van der Waals surface area contributed by atoms with Crippen LogP contribution in [0.15, 0.2) is 29.2 Å². The lowest BCUT2D eigenvalue weighted by molar-refractivity contribution is -0.170. The van der Waals surface area contributed by atoms with Crippen molar-refractivity contribution in [3.05, 3.63) is 24.3 Å². The summed E-state index contributed by atoms with van der Waals surface area (Å²) >= 11 is 0. The van der Waals surface area contributed by atoms with Crippen LogP contribution >= 0.6 is 0 Å². The van der Waals surface area contributed by atoms with Gasteiger partial charge in [-0.2, -0.15) is 0 Å². The minimum atomic E-state index is -4.08. The van der Waals surface area contributed by atoms with Crippen molar-refractivity contribution in [3.8, 4) is 5.75 Å². The highest BCUT2D eigenvalue weighted by Crippen LogP contribution is 2.25. The quantitative estimate of drug-likeness (QED) is 0.532. The largest absolute Gasteiger partial charge is 0.497 e. The summed E-state index contributed by atoms with van der Waals surface area (Å²) in [5.74, 6) is -0.359. The normalized spacial score (nSPS) is 19.8. The van der Waals surface area contributed by atoms with Crippen molar-refractivity contribution in [3.63, 3.8) is 0 Å². The summed E-state index contributed by atoms with van der Waals surface area (Å²) < 4.78 is 43.3. The Hall–Kier alpha value is -2.17. The topological polar surface area (TPSA) is 111 Å². The highest BCUT2D eigenvalue weighted by atomic mass is 32.2. The predicted octanol–water partition coefficient (Wildman–Crippen LogP) is 1.91. The van der Waals surface area contributed by atoms with Crippen molar-refractivity contribution in [2.75, 3.05) is 20.3 Å². The van der Waals surface area contributed by atoms with E-state index in [-0.39, 0.29) is 23.4 Å². The molecule has 1 N–H and O–H groups in total. The van der Waals surface area contributed by atoms with Gasteiger partial charge in [0.05, 0.1) is 30.7 Å². The summed E-state index contributed by atoms with van der Waals surface area (Å²) in [4.78, 5) is 23.8. The first kappa shape index (κ1) is 25.1. The number of methoxy groups -OCH3 is 1. The number of carbonyl (C=O) groups is 2. The van der Waals surface area contributed by atoms with E-state index >= 15 is 0 Å². The van der Waals surface area contributed by atoms with Gasteiger partial charge in [-0.1, -0.05) is 13.8 Å². The molecule has 1 aromatic carbocycles. The number of hydrogen-bond acceptors (Lipinski definition) is 8. The zero-order valence-corrected chi connectivity index (χ0v) is 19.5. The molecule has 3 atom stereocenters. The van der Waals surface area contributed by atoms with Gasteiger partial charge in [-0.25, -0.2) is 12.7 Å². The number of carbonyl (C=O) groups excluding carboxylic acids is 2. The molecular formula is C21H32N2O7S. The van der Waals surface area contributed by atoms with Crippen LogP contribution in [0.4, 0.5) is 0 Å². The molecule has 0 bridgehead atoms. The molecule has 1 heterocycles. The first-order chi connectivity index (χ1) is 14.6. The Morgan fingerprint density at radius 2 is 1.87 bits per heavy atom. The third-order valence-corrected chi connectivity index (χ3v) is 6.88. The summed E-state index contributed by atoms with van der Waals surface area (Å²) in [6, 6.07) is 5.03. The Bertz CT molecular complexity index is 855. The van der Waals surface area contributed by atoms with E-state index in [1.165, 1.54) is 33.1 Å². The highest BCUT2D eigenvalue weighted by molar-refractivity contribution is 7.89. The molecule has 0 unspecified atom stereocenters. The number of amides is 1. The van der Waals surface area contributed by atoms with Gasteiger partial charge in [0.2, 0.25) is 12.2 Å². The number of hydrogen-bond donors (Lipinski definition) is 1. The molecule has 31 heavy (non-hydrogen) atoms. The van der Waals surface area contributed by atoms with Crippen LogP contribution in [0.5, 0.6) is 5.75 Å². The zero-order valence-electron chi connectivity index (χ0n) is 18.7. The summed E-state index contributed by atoms with van der Waals surface area (Å²) in [6.45, 7) is 7.11. The Labute approximate surface area is 184 Å². The Morgan fingerprint density at radius 3 is 2.39 bits per heavy atom. The molecule has 0 radical (unpaired) electrons. The molecule has 0 aromatic heterocycles. The van der Waals surface area contributed by atoms with Crippen LogP contribution in [-0.4, -0.2) is 63.2 Å². The Morgan fingerprint density at radius 1 is 1.23 bits per heavy atom. The fraction of sp³-hybridized carbons (Fsp3) is 0.619. The molecule has 1 aliphatic rings. The second-order valence-corrected chi connectivity index (χ2v) is 9.75. The summed E-state index contributed by atoms with van der Waals surface area (Å²) in [7, 11) is -2.59. The van der Waals surface area contributed by atoms with Crippen LogP contribution in [0, 0.1) is 5.92 Å². The second-order valence-electron chi connectivity index (χ2n) is 7.93. The maximum absolute atomic E-state index is 13.3. The van der Waals surface area contributed by atoms with Gasteiger partial charge in [0.25, 0.3) is 10.0 Å². The van der Waals surface area contributed by atoms with Gasteiger partial charge in [0.15, 0.2) is 0 Å². The van der Waals surface area contributed by atoms with E-state index in [1.54, 1.807) is 12.1 Å². The molecule has 0 saturated carbocycles. The number of rotatable bonds is 10. The van der Waals surface area contributed by atoms with Crippen molar-refractivity contribution in [2.45, 2.75) is 63.8 Å². The van der Waals surface area contributed by atoms with Gasteiger partial charge in [0, 0.05) is 20.4 Å². The molecule has 1 fully saturated rings. The van der Waals surface area contributed by atoms with E-state index in [0.717, 1.165) is 4.31 Å². The predicted molar refractivity (Wildman–Crippen MR) is 114 cm³/mol. The lowest BCUT2D eigenvalue weighted by Crippen LogP contribution is -2.51. The zero-order chi connectivity index (χ0) is 23.2. The molecule has 0 spiro atoms. The van der Waals surface area contributed by atoms with Gasteiger partial charge in [0.1, 0.15) is 5.75 Å². The monoisotopic (exact) mass is 456 g/mol. The molecule has 1 aromatic rings. The minimum absolute atomic E-state index is 0.0132. The molecule has 1 saturated heterocycles. The number of ether oxygens (including phenoxy) is 3. The fourth-order valence-corrected chi connectivity index (χ4v) is 5.22. The summed E-state index contributed by atoms with van der Waals surface area (Å²) in [5.41, 5.74) is 0. The molecule has 1 aliphatic heterocycles. The van der Waals surface area contributed by atoms with E-state index in [4.69, 9.17) is 14.2 Å². The smallest absolute Gasteiger partial charge is 0.304 e. The van der Waals surface area contributed by atoms with E-state index in [2.05, 4.69) is 5.32 Å². The molecule has 0 aliphatic carbocycles. The van der Waals surface area contributed by atoms with Crippen LogP contribution in [-0.2, 0) is 29.1 Å². The van der Waals surface area contributed by atoms with E-state index in [1.807, 2.05) is 13.8 Å². The van der Waals surface area contributed by atoms with Crippen molar-refractivity contribution < 1.29 is 32.2 Å². The number of nitrogens with one attached hydrogen (secondary N) is 1. The summed E-state index contributed by atoms with van der Waals surface area (Å²) in [5, 5.41) is 3.24. The lowest BCUT2D eigenvalue weighted by Gasteiger charge is -2.33. The lowest BCUT2D eigenvalue weighted by atomic mass is 10.0. The molecule has 9 nitrogen and oxygen atoms in total. The van der Waals surface area contributed by atoms with Gasteiger partial charge in [-0.05, 0) is 43.0 Å². The molecule has 2 rings (SSSR count). The van der Waals surface area contributed by atoms with Gasteiger partial charge < -0.3 is 19.5 Å². The highest BCUT2D eigenvalue weighted by Gasteiger charge is 2.36. The number of sulfonamides is 1. The van der Waals surface area contributed by atoms with E-state index in [9.17, 15) is 18.0 Å². The molecular weight excluding hydrogens is 424 g/mol. The average Bonchev–Trinajstić information content (AvgIpc) is 3.11. The van der Waals surface area contributed by atoms with Gasteiger partial charge >= 0.3 is 5.97 Å². The van der Waals surface area contributed by atoms with E-state index < -0.39 is 34.2 Å². The Balaban J connectivity index is 2.26. The molecule has 174 valence electrons. The number of esters is 1. The minimum Gasteiger partial charge on any atom is -0.497 e. The van der Waals surface area contributed by atoms with E-state index in [0.29, 0.717) is 25.2 Å². The maximum Gasteiger partial charge on any atom is 0.304 e. The second kappa shape index (κ2) is 10.9. The third kappa shape index (κ3) is 6.65. The average molecular weight is 457 g/mol. The SMILES string of the molecule is COc1ccc(S(=O)(=O)N(C(C)=O)[C@@H](CN[C@H]2CCO[C@H]2OC(C)=O)CC(C)C)cc1. The third-order valence-electron chi connectivity index (χ3n) is 4.94. The number of benzene rings is 1. The van der Waals surface area contributed by atoms with Crippen molar-refractivity contribution in [1.82, 2.24) is 9.62 Å². The first-order valence-electron chi connectivity index (χ1n) is 10.3. The first-order valence-corrected chi connectivity index (χ1v) is 11.7. The van der Waals surface area contributed by atoms with Gasteiger partial charge in [-0.15, -0.1) is 0 Å². The van der Waals surface area contributed by atoms with Crippen LogP contribution in [0.1, 0.15) is 40.5 Å². The molecule has 1 amide bonds. The van der Waals surface area contributed by atoms with Crippen LogP contribution < -0.4 is 10.1 Å².